The van der Waals surface area contributed by atoms with E-state index in [1.165, 1.54) is 0 Å². The van der Waals surface area contributed by atoms with Gasteiger partial charge in [-0.25, -0.2) is 0 Å². The second kappa shape index (κ2) is 7.81. The van der Waals surface area contributed by atoms with Crippen LogP contribution in [0, 0.1) is 0 Å². The summed E-state index contributed by atoms with van der Waals surface area (Å²) in [7, 11) is 0. The van der Waals surface area contributed by atoms with Gasteiger partial charge in [0.05, 0.1) is 21.9 Å². The van der Waals surface area contributed by atoms with E-state index in [0.29, 0.717) is 21.9 Å². The summed E-state index contributed by atoms with van der Waals surface area (Å²) in [6.45, 7) is 0. The first kappa shape index (κ1) is 10.2. The van der Waals surface area contributed by atoms with Gasteiger partial charge in [0.1, 0.15) is 11.2 Å². The zero-order chi connectivity index (χ0) is 38.3. The van der Waals surface area contributed by atoms with Crippen molar-refractivity contribution < 1.29 is 26.3 Å². The van der Waals surface area contributed by atoms with E-state index in [1.54, 1.807) is 36.4 Å². The van der Waals surface area contributed by atoms with Crippen LogP contribution in [0.25, 0.3) is 76.5 Å². The number of benzene rings is 7. The Balaban J connectivity index is 1.40. The summed E-state index contributed by atoms with van der Waals surface area (Å²) in [5.74, 6) is 0. The average Bonchev–Trinajstić information content (AvgIpc) is 3.54. The maximum absolute atomic E-state index is 9.36. The molecule has 0 spiro atoms. The monoisotopic (exact) mass is 486 g/mol. The highest BCUT2D eigenvalue weighted by molar-refractivity contribution is 6.19. The first-order valence-electron chi connectivity index (χ1n) is 19.4. The Morgan fingerprint density at radius 1 is 0.459 bits per heavy atom. The van der Waals surface area contributed by atoms with Crippen molar-refractivity contribution in [2.45, 2.75) is 0 Å². The fourth-order valence-corrected chi connectivity index (χ4v) is 4.68. The first-order valence-corrected chi connectivity index (χ1v) is 11.4. The topological polar surface area (TPSA) is 13.1 Å². The smallest absolute Gasteiger partial charge is 0.136 e. The predicted octanol–water partition coefficient (Wildman–Crippen LogP) is 10.4. The molecule has 0 radical (unpaired) electrons. The van der Waals surface area contributed by atoms with Crippen molar-refractivity contribution in [2.75, 3.05) is 0 Å². The summed E-state index contributed by atoms with van der Waals surface area (Å²) in [6.07, 6.45) is 0. The molecule has 1 aromatic heterocycles. The molecule has 0 bridgehead atoms. The Morgan fingerprint density at radius 3 is 2.08 bits per heavy atom. The average molecular weight is 487 g/mol. The normalized spacial score (nSPS) is 17.8. The molecule has 0 aliphatic rings. The molecule has 1 heterocycles. The molecule has 37 heavy (non-hydrogen) atoms. The lowest BCUT2D eigenvalue weighted by Crippen LogP contribution is -1.84. The highest BCUT2D eigenvalue weighted by Gasteiger charge is 2.12. The van der Waals surface area contributed by atoms with Crippen LogP contribution in [0.15, 0.2) is 137 Å². The van der Waals surface area contributed by atoms with Gasteiger partial charge < -0.3 is 4.42 Å². The summed E-state index contributed by atoms with van der Waals surface area (Å²) in [6, 6.07) is 2.18. The fraction of sp³-hybridized carbons (Fsp3) is 0. The molecule has 0 amide bonds. The summed E-state index contributed by atoms with van der Waals surface area (Å²) >= 11 is 0. The molecule has 1 nitrogen and oxygen atoms in total. The van der Waals surface area contributed by atoms with Crippen LogP contribution in [-0.4, -0.2) is 0 Å². The Morgan fingerprint density at radius 2 is 1.16 bits per heavy atom. The SMILES string of the molecule is [2H]c1c([2H])c([2H])c2c(oc3c([2H])c([2H])c4c([2H])c([2H])c(-c5ccc6cc(-c7c([2H])c([2H])c([2H])c8c([2H])c([2H])c([2H])c([2H])c78)ccc6c5)c([2H])c4c32)c1[2H]. The molecule has 172 valence electrons. The molecule has 8 aromatic rings. The zero-order valence-corrected chi connectivity index (χ0v) is 18.9. The van der Waals surface area contributed by atoms with Crippen molar-refractivity contribution in [3.8, 4) is 22.3 Å². The van der Waals surface area contributed by atoms with Crippen LogP contribution in [-0.2, 0) is 0 Å². The van der Waals surface area contributed by atoms with Gasteiger partial charge in [0.25, 0.3) is 0 Å². The van der Waals surface area contributed by atoms with Crippen molar-refractivity contribution >= 4 is 54.3 Å². The van der Waals surface area contributed by atoms with E-state index in [9.17, 15) is 1.37 Å². The molecule has 0 N–H and O–H groups in total. The Kier molecular flexibility index (Phi) is 2.16. The predicted molar refractivity (Wildman–Crippen MR) is 157 cm³/mol. The Bertz CT molecular complexity index is 3010. The van der Waals surface area contributed by atoms with Crippen molar-refractivity contribution in [1.82, 2.24) is 0 Å². The van der Waals surface area contributed by atoms with E-state index in [-0.39, 0.29) is 66.7 Å². The van der Waals surface area contributed by atoms with Gasteiger partial charge in [-0.1, -0.05) is 103 Å². The molecule has 8 rings (SSSR count). The molecule has 0 unspecified atom stereocenters. The van der Waals surface area contributed by atoms with Crippen molar-refractivity contribution in [2.24, 2.45) is 0 Å². The van der Waals surface area contributed by atoms with E-state index in [2.05, 4.69) is 0 Å². The number of para-hydroxylation sites is 1. The molecule has 0 aliphatic heterocycles. The number of furan rings is 1. The largest absolute Gasteiger partial charge is 0.456 e. The first-order chi connectivity index (χ1) is 25.0. The summed E-state index contributed by atoms with van der Waals surface area (Å²) in [5.41, 5.74) is 0.226. The van der Waals surface area contributed by atoms with Crippen LogP contribution < -0.4 is 0 Å². The lowest BCUT2D eigenvalue weighted by atomic mass is 9.94. The van der Waals surface area contributed by atoms with Crippen molar-refractivity contribution in [3.63, 3.8) is 0 Å². The third-order valence-electron chi connectivity index (χ3n) is 6.43. The second-order valence-electron chi connectivity index (χ2n) is 8.54. The minimum atomic E-state index is -0.566. The van der Waals surface area contributed by atoms with Crippen molar-refractivity contribution in [1.29, 1.82) is 0 Å². The van der Waals surface area contributed by atoms with E-state index in [0.717, 1.165) is 0 Å². The van der Waals surface area contributed by atoms with E-state index in [1.807, 2.05) is 0 Å². The van der Waals surface area contributed by atoms with Gasteiger partial charge in [0.2, 0.25) is 0 Å². The minimum absolute atomic E-state index is 0.0117. The fourth-order valence-electron chi connectivity index (χ4n) is 4.68. The highest BCUT2D eigenvalue weighted by atomic mass is 16.3. The van der Waals surface area contributed by atoms with Crippen LogP contribution in [0.4, 0.5) is 0 Å². The van der Waals surface area contributed by atoms with Gasteiger partial charge in [0.15, 0.2) is 0 Å². The Hall–Kier alpha value is -4.88. The molecule has 0 saturated carbocycles. The van der Waals surface area contributed by atoms with Crippen molar-refractivity contribution in [3.05, 3.63) is 133 Å². The third-order valence-corrected chi connectivity index (χ3v) is 6.43. The molecule has 0 fully saturated rings. The standard InChI is InChI=1S/C36H22O/c1-2-8-30-23(6-1)7-5-10-31(30)29-17-16-25-20-26(14-15-27(25)21-29)28-13-12-24-18-19-35-36(33(24)22-28)32-9-3-4-11-34(32)37-35/h1-22H/i1D,2D,3D,4D,5D,6D,7D,8D,9D,10D,11D,12D,13D,18D,19D,22D. The number of rotatable bonds is 2. The summed E-state index contributed by atoms with van der Waals surface area (Å²) in [4.78, 5) is 0. The maximum atomic E-state index is 9.36. The van der Waals surface area contributed by atoms with Crippen LogP contribution in [0.2, 0.25) is 0 Å². The maximum Gasteiger partial charge on any atom is 0.136 e. The number of hydrogen-bond donors (Lipinski definition) is 0. The van der Waals surface area contributed by atoms with Crippen LogP contribution in [0.1, 0.15) is 21.9 Å². The number of hydrogen-bond acceptors (Lipinski definition) is 1. The van der Waals surface area contributed by atoms with Gasteiger partial charge in [-0.15, -0.1) is 0 Å². The van der Waals surface area contributed by atoms with Gasteiger partial charge in [0, 0.05) is 10.8 Å². The lowest BCUT2D eigenvalue weighted by Gasteiger charge is -2.10. The highest BCUT2D eigenvalue weighted by Crippen LogP contribution is 2.37. The third kappa shape index (κ3) is 3.18. The molecular formula is C36H22O. The number of fused-ring (bicyclic) bond motifs is 7. The Labute approximate surface area is 236 Å². The minimum Gasteiger partial charge on any atom is -0.456 e. The van der Waals surface area contributed by atoms with Gasteiger partial charge in [-0.3, -0.25) is 0 Å². The van der Waals surface area contributed by atoms with Gasteiger partial charge in [-0.05, 0) is 84.8 Å². The molecule has 7 aromatic carbocycles. The van der Waals surface area contributed by atoms with E-state index < -0.39 is 84.6 Å². The quantitative estimate of drug-likeness (QED) is 0.237. The molecular weight excluding hydrogens is 448 g/mol. The molecule has 0 atom stereocenters. The van der Waals surface area contributed by atoms with Crippen LogP contribution >= 0.6 is 0 Å². The molecule has 1 heteroatoms. The summed E-state index contributed by atoms with van der Waals surface area (Å²) in [5, 5.41) is 0.530. The molecule has 0 saturated heterocycles. The summed E-state index contributed by atoms with van der Waals surface area (Å²) < 4.78 is 143. The van der Waals surface area contributed by atoms with Crippen LogP contribution in [0.5, 0.6) is 0 Å². The van der Waals surface area contributed by atoms with Gasteiger partial charge >= 0.3 is 0 Å². The molecule has 0 aliphatic carbocycles. The lowest BCUT2D eigenvalue weighted by molar-refractivity contribution is 0.669. The van der Waals surface area contributed by atoms with E-state index >= 15 is 0 Å². The van der Waals surface area contributed by atoms with E-state index in [4.69, 9.17) is 25.0 Å². The van der Waals surface area contributed by atoms with Crippen LogP contribution in [0.3, 0.4) is 0 Å². The zero-order valence-electron chi connectivity index (χ0n) is 34.9. The second-order valence-corrected chi connectivity index (χ2v) is 8.54. The van der Waals surface area contributed by atoms with Gasteiger partial charge in [-0.2, -0.15) is 0 Å².